The van der Waals surface area contributed by atoms with E-state index < -0.39 is 16.1 Å². The molecule has 0 aromatic heterocycles. The number of hydrogen-bond donors (Lipinski definition) is 2. The molecule has 2 aromatic carbocycles. The maximum atomic E-state index is 13.1. The summed E-state index contributed by atoms with van der Waals surface area (Å²) in [6, 6.07) is 14.2. The van der Waals surface area contributed by atoms with E-state index >= 15 is 0 Å². The first kappa shape index (κ1) is 23.4. The fourth-order valence-electron chi connectivity index (χ4n) is 4.41. The molecule has 33 heavy (non-hydrogen) atoms. The van der Waals surface area contributed by atoms with E-state index in [1.807, 2.05) is 26.0 Å². The normalized spacial score (nSPS) is 19.8. The van der Waals surface area contributed by atoms with E-state index in [0.717, 1.165) is 25.2 Å². The quantitative estimate of drug-likeness (QED) is 0.654. The van der Waals surface area contributed by atoms with E-state index in [9.17, 15) is 13.2 Å². The van der Waals surface area contributed by atoms with E-state index in [4.69, 9.17) is 0 Å². The van der Waals surface area contributed by atoms with Crippen LogP contribution in [0.4, 0.5) is 0 Å². The van der Waals surface area contributed by atoms with Crippen LogP contribution in [-0.4, -0.2) is 44.2 Å². The van der Waals surface area contributed by atoms with Gasteiger partial charge < -0.3 is 5.32 Å². The van der Waals surface area contributed by atoms with Crippen LogP contribution in [0.25, 0.3) is 0 Å². The minimum Gasteiger partial charge on any atom is -0.350 e. The molecule has 0 aliphatic carbocycles. The monoisotopic (exact) mass is 468 g/mol. The molecule has 2 N–H and O–H groups in total. The molecule has 0 spiro atoms. The van der Waals surface area contributed by atoms with Crippen LogP contribution in [0.2, 0.25) is 0 Å². The van der Waals surface area contributed by atoms with Gasteiger partial charge in [-0.1, -0.05) is 56.7 Å². The van der Waals surface area contributed by atoms with Gasteiger partial charge >= 0.3 is 0 Å². The summed E-state index contributed by atoms with van der Waals surface area (Å²) in [5.41, 5.74) is 2.82. The van der Waals surface area contributed by atoms with Crippen molar-refractivity contribution in [3.8, 4) is 0 Å². The van der Waals surface area contributed by atoms with Crippen LogP contribution in [-0.2, 0) is 27.9 Å². The Morgan fingerprint density at radius 3 is 2.42 bits per heavy atom. The maximum absolute atomic E-state index is 13.1. The van der Waals surface area contributed by atoms with Gasteiger partial charge in [0.2, 0.25) is 5.91 Å². The predicted octanol–water partition coefficient (Wildman–Crippen LogP) is 3.05. The van der Waals surface area contributed by atoms with Crippen molar-refractivity contribution in [1.29, 1.82) is 0 Å². The summed E-state index contributed by atoms with van der Waals surface area (Å²) >= 11 is 0. The van der Waals surface area contributed by atoms with Gasteiger partial charge in [-0.15, -0.1) is 0 Å². The molecule has 1 fully saturated rings. The first-order chi connectivity index (χ1) is 15.8. The number of nitrogens with one attached hydrogen (secondary N) is 2. The summed E-state index contributed by atoms with van der Waals surface area (Å²) in [6.45, 7) is 7.36. The third-order valence-electron chi connectivity index (χ3n) is 6.25. The number of likely N-dealkylation sites (tertiary alicyclic amines) is 1. The third kappa shape index (κ3) is 5.45. The van der Waals surface area contributed by atoms with Gasteiger partial charge in [0.15, 0.2) is 0 Å². The highest BCUT2D eigenvalue weighted by Crippen LogP contribution is 2.23. The second-order valence-corrected chi connectivity index (χ2v) is 10.7. The number of fused-ring (bicyclic) bond motifs is 1. The van der Waals surface area contributed by atoms with Crippen LogP contribution in [0.1, 0.15) is 49.8 Å². The molecule has 7 nitrogen and oxygen atoms in total. The third-order valence-corrected chi connectivity index (χ3v) is 7.64. The minimum absolute atomic E-state index is 0.0987. The lowest BCUT2D eigenvalue weighted by molar-refractivity contribution is -0.123. The van der Waals surface area contributed by atoms with Gasteiger partial charge in [-0.05, 0) is 55.1 Å². The number of rotatable bonds is 7. The fraction of sp³-hybridized carbons (Fsp3) is 0.440. The Morgan fingerprint density at radius 2 is 1.70 bits per heavy atom. The number of carbonyl (C=O) groups excluding carboxylic acids is 1. The first-order valence-electron chi connectivity index (χ1n) is 11.6. The number of benzene rings is 2. The molecule has 2 aliphatic heterocycles. The molecule has 8 heteroatoms. The number of aliphatic imine (C=N–C) groups is 1. The summed E-state index contributed by atoms with van der Waals surface area (Å²) in [7, 11) is -3.64. The Kier molecular flexibility index (Phi) is 7.14. The van der Waals surface area contributed by atoms with Crippen LogP contribution in [0.5, 0.6) is 0 Å². The zero-order chi connectivity index (χ0) is 23.4. The number of hydrogen-bond acceptors (Lipinski definition) is 5. The van der Waals surface area contributed by atoms with Crippen molar-refractivity contribution >= 4 is 21.8 Å². The SMILES string of the molecule is CC(C)[C@H](N=C1NS(=O)(=O)c2ccccc21)C(=O)NCc1ccccc1CN1CCCCC1. The Hall–Kier alpha value is -2.71. The van der Waals surface area contributed by atoms with Crippen molar-refractivity contribution in [3.63, 3.8) is 0 Å². The van der Waals surface area contributed by atoms with Gasteiger partial charge in [0.1, 0.15) is 11.9 Å². The summed E-state index contributed by atoms with van der Waals surface area (Å²) in [4.78, 5) is 20.3. The number of amides is 1. The average Bonchev–Trinajstić information content (AvgIpc) is 3.07. The summed E-state index contributed by atoms with van der Waals surface area (Å²) in [5.74, 6) is -0.0860. The molecule has 2 aromatic rings. The summed E-state index contributed by atoms with van der Waals surface area (Å²) in [6.07, 6.45) is 3.78. The van der Waals surface area contributed by atoms with Crippen molar-refractivity contribution in [2.45, 2.75) is 57.1 Å². The maximum Gasteiger partial charge on any atom is 0.263 e. The molecule has 1 atom stereocenters. The van der Waals surface area contributed by atoms with E-state index in [1.165, 1.54) is 24.8 Å². The smallest absolute Gasteiger partial charge is 0.263 e. The Morgan fingerprint density at radius 1 is 1.03 bits per heavy atom. The fourth-order valence-corrected chi connectivity index (χ4v) is 5.65. The lowest BCUT2D eigenvalue weighted by atomic mass is 10.0. The topological polar surface area (TPSA) is 90.9 Å². The van der Waals surface area contributed by atoms with Crippen LogP contribution < -0.4 is 10.0 Å². The Bertz CT molecular complexity index is 1140. The molecule has 0 bridgehead atoms. The molecule has 0 saturated carbocycles. The molecule has 0 radical (unpaired) electrons. The highest BCUT2D eigenvalue weighted by Gasteiger charge is 2.32. The Balaban J connectivity index is 1.48. The van der Waals surface area contributed by atoms with E-state index in [2.05, 4.69) is 32.1 Å². The van der Waals surface area contributed by atoms with E-state index in [1.54, 1.807) is 24.3 Å². The van der Waals surface area contributed by atoms with Gasteiger partial charge in [-0.3, -0.25) is 19.4 Å². The second-order valence-electron chi connectivity index (χ2n) is 9.09. The number of amidine groups is 1. The number of nitrogens with zero attached hydrogens (tertiary/aromatic N) is 2. The highest BCUT2D eigenvalue weighted by atomic mass is 32.2. The van der Waals surface area contributed by atoms with Crippen molar-refractivity contribution in [1.82, 2.24) is 14.9 Å². The number of piperidine rings is 1. The predicted molar refractivity (Wildman–Crippen MR) is 129 cm³/mol. The Labute approximate surface area is 196 Å². The zero-order valence-corrected chi connectivity index (χ0v) is 20.1. The summed E-state index contributed by atoms with van der Waals surface area (Å²) in [5, 5.41) is 3.03. The van der Waals surface area contributed by atoms with Gasteiger partial charge in [0, 0.05) is 18.7 Å². The van der Waals surface area contributed by atoms with E-state index in [0.29, 0.717) is 12.1 Å². The largest absolute Gasteiger partial charge is 0.350 e. The second kappa shape index (κ2) is 10.1. The van der Waals surface area contributed by atoms with Gasteiger partial charge in [-0.2, -0.15) is 0 Å². The zero-order valence-electron chi connectivity index (χ0n) is 19.3. The molecule has 0 unspecified atom stereocenters. The standard InChI is InChI=1S/C25H32N4O3S/c1-18(2)23(27-24-21-12-6-7-13-22(21)33(31,32)28-24)25(30)26-16-19-10-4-5-11-20(19)17-29-14-8-3-9-15-29/h4-7,10-13,18,23H,3,8-9,14-17H2,1-2H3,(H,26,30)(H,27,28)/t23-/m0/s1. The van der Waals surface area contributed by atoms with Crippen molar-refractivity contribution in [2.24, 2.45) is 10.9 Å². The lowest BCUT2D eigenvalue weighted by Gasteiger charge is -2.27. The van der Waals surface area contributed by atoms with Crippen LogP contribution in [0.15, 0.2) is 58.4 Å². The van der Waals surface area contributed by atoms with Gasteiger partial charge in [-0.25, -0.2) is 8.42 Å². The highest BCUT2D eigenvalue weighted by molar-refractivity contribution is 7.90. The van der Waals surface area contributed by atoms with Gasteiger partial charge in [0.05, 0.1) is 4.90 Å². The first-order valence-corrected chi connectivity index (χ1v) is 13.1. The van der Waals surface area contributed by atoms with Gasteiger partial charge in [0.25, 0.3) is 10.0 Å². The molecule has 2 heterocycles. The van der Waals surface area contributed by atoms with Crippen molar-refractivity contribution < 1.29 is 13.2 Å². The summed E-state index contributed by atoms with van der Waals surface area (Å²) < 4.78 is 27.3. The van der Waals surface area contributed by atoms with Crippen molar-refractivity contribution in [2.75, 3.05) is 13.1 Å². The number of carbonyl (C=O) groups is 1. The molecular weight excluding hydrogens is 436 g/mol. The van der Waals surface area contributed by atoms with E-state index in [-0.39, 0.29) is 22.6 Å². The van der Waals surface area contributed by atoms with Crippen LogP contribution in [0, 0.1) is 5.92 Å². The molecular formula is C25H32N4O3S. The van der Waals surface area contributed by atoms with Crippen LogP contribution >= 0.6 is 0 Å². The molecule has 1 saturated heterocycles. The van der Waals surface area contributed by atoms with Crippen LogP contribution in [0.3, 0.4) is 0 Å². The molecule has 2 aliphatic rings. The van der Waals surface area contributed by atoms with Crippen molar-refractivity contribution in [3.05, 3.63) is 65.2 Å². The molecule has 4 rings (SSSR count). The average molecular weight is 469 g/mol. The molecule has 1 amide bonds. The number of sulfonamides is 1. The lowest BCUT2D eigenvalue weighted by Crippen LogP contribution is -2.38. The molecule has 176 valence electrons. The minimum atomic E-state index is -3.64.